The van der Waals surface area contributed by atoms with Crippen LogP contribution in [0.5, 0.6) is 0 Å². The van der Waals surface area contributed by atoms with Crippen LogP contribution in [0.4, 0.5) is 0 Å². The van der Waals surface area contributed by atoms with Crippen molar-refractivity contribution < 1.29 is 5.11 Å². The molecule has 0 aromatic rings. The van der Waals surface area contributed by atoms with Gasteiger partial charge in [-0.1, -0.05) is 25.7 Å². The van der Waals surface area contributed by atoms with Crippen LogP contribution >= 0.6 is 0 Å². The number of fused-ring (bicyclic) bond motifs is 1. The van der Waals surface area contributed by atoms with Crippen LogP contribution in [0.1, 0.15) is 51.4 Å². The van der Waals surface area contributed by atoms with Gasteiger partial charge in [0.1, 0.15) is 0 Å². The predicted molar refractivity (Wildman–Crippen MR) is 49.9 cm³/mol. The maximum absolute atomic E-state index is 9.48. The highest BCUT2D eigenvalue weighted by Crippen LogP contribution is 2.49. The van der Waals surface area contributed by atoms with Crippen molar-refractivity contribution >= 4 is 0 Å². The average molecular weight is 168 g/mol. The van der Waals surface area contributed by atoms with Crippen molar-refractivity contribution in [2.45, 2.75) is 51.4 Å². The van der Waals surface area contributed by atoms with Gasteiger partial charge in [-0.15, -0.1) is 0 Å². The molecule has 2 aliphatic rings. The van der Waals surface area contributed by atoms with Crippen molar-refractivity contribution in [1.82, 2.24) is 0 Å². The second kappa shape index (κ2) is 3.37. The molecule has 0 amide bonds. The van der Waals surface area contributed by atoms with E-state index in [2.05, 4.69) is 0 Å². The maximum Gasteiger partial charge on any atom is 0.0490 e. The summed E-state index contributed by atoms with van der Waals surface area (Å²) in [6, 6.07) is 0. The third-order valence-electron chi connectivity index (χ3n) is 4.14. The Morgan fingerprint density at radius 3 is 2.00 bits per heavy atom. The third-order valence-corrected chi connectivity index (χ3v) is 4.14. The summed E-state index contributed by atoms with van der Waals surface area (Å²) in [5.41, 5.74) is 0.372. The van der Waals surface area contributed by atoms with Gasteiger partial charge in [0.15, 0.2) is 0 Å². The number of aliphatic hydroxyl groups excluding tert-OH is 1. The second-order valence-electron chi connectivity index (χ2n) is 4.71. The van der Waals surface area contributed by atoms with E-state index < -0.39 is 0 Å². The zero-order valence-corrected chi connectivity index (χ0v) is 7.89. The first-order chi connectivity index (χ1) is 5.87. The van der Waals surface area contributed by atoms with E-state index in [4.69, 9.17) is 0 Å². The van der Waals surface area contributed by atoms with Crippen LogP contribution in [0.3, 0.4) is 0 Å². The first-order valence-electron chi connectivity index (χ1n) is 5.48. The summed E-state index contributed by atoms with van der Waals surface area (Å²) >= 11 is 0. The lowest BCUT2D eigenvalue weighted by molar-refractivity contribution is -0.00976. The molecule has 70 valence electrons. The second-order valence-corrected chi connectivity index (χ2v) is 4.71. The smallest absolute Gasteiger partial charge is 0.0490 e. The van der Waals surface area contributed by atoms with Gasteiger partial charge in [0.05, 0.1) is 0 Å². The minimum Gasteiger partial charge on any atom is -0.396 e. The summed E-state index contributed by atoms with van der Waals surface area (Å²) in [5.74, 6) is 0.866. The van der Waals surface area contributed by atoms with E-state index >= 15 is 0 Å². The first kappa shape index (κ1) is 8.55. The Balaban J connectivity index is 2.10. The fourth-order valence-corrected chi connectivity index (χ4v) is 3.31. The minimum atomic E-state index is 0.372. The molecule has 0 aromatic heterocycles. The molecule has 0 saturated heterocycles. The van der Waals surface area contributed by atoms with Crippen LogP contribution in [0.15, 0.2) is 0 Å². The summed E-state index contributed by atoms with van der Waals surface area (Å²) in [6.07, 6.45) is 10.9. The molecule has 2 fully saturated rings. The molecule has 2 aliphatic carbocycles. The van der Waals surface area contributed by atoms with Crippen molar-refractivity contribution in [2.24, 2.45) is 11.3 Å². The van der Waals surface area contributed by atoms with Crippen molar-refractivity contribution in [2.75, 3.05) is 6.61 Å². The van der Waals surface area contributed by atoms with Gasteiger partial charge in [0.25, 0.3) is 0 Å². The van der Waals surface area contributed by atoms with E-state index in [0.717, 1.165) is 5.92 Å². The Kier molecular flexibility index (Phi) is 2.40. The van der Waals surface area contributed by atoms with Gasteiger partial charge in [-0.2, -0.15) is 0 Å². The molecule has 0 aromatic carbocycles. The monoisotopic (exact) mass is 168 g/mol. The molecule has 0 atom stereocenters. The van der Waals surface area contributed by atoms with Crippen LogP contribution < -0.4 is 0 Å². The Labute approximate surface area is 75.2 Å². The van der Waals surface area contributed by atoms with Gasteiger partial charge in [-0.3, -0.25) is 0 Å². The largest absolute Gasteiger partial charge is 0.396 e. The Morgan fingerprint density at radius 1 is 1.00 bits per heavy atom. The third kappa shape index (κ3) is 1.28. The quantitative estimate of drug-likeness (QED) is 0.638. The zero-order chi connectivity index (χ0) is 8.44. The van der Waals surface area contributed by atoms with Gasteiger partial charge < -0.3 is 5.11 Å². The highest BCUT2D eigenvalue weighted by Gasteiger charge is 2.41. The maximum atomic E-state index is 9.48. The zero-order valence-electron chi connectivity index (χ0n) is 7.89. The van der Waals surface area contributed by atoms with Gasteiger partial charge in [-0.05, 0) is 37.0 Å². The molecular formula is C11H20O. The van der Waals surface area contributed by atoms with Crippen molar-refractivity contribution in [3.05, 3.63) is 0 Å². The highest BCUT2D eigenvalue weighted by molar-refractivity contribution is 4.91. The van der Waals surface area contributed by atoms with Crippen molar-refractivity contribution in [1.29, 1.82) is 0 Å². The van der Waals surface area contributed by atoms with Gasteiger partial charge in [-0.25, -0.2) is 0 Å². The number of hydrogen-bond acceptors (Lipinski definition) is 1. The van der Waals surface area contributed by atoms with E-state index in [-0.39, 0.29) is 0 Å². The lowest BCUT2D eigenvalue weighted by atomic mass is 9.60. The van der Waals surface area contributed by atoms with E-state index in [1.54, 1.807) is 0 Å². The molecule has 12 heavy (non-hydrogen) atoms. The molecule has 0 spiro atoms. The summed E-state index contributed by atoms with van der Waals surface area (Å²) < 4.78 is 0. The van der Waals surface area contributed by atoms with E-state index in [9.17, 15) is 5.11 Å². The number of aliphatic hydroxyl groups is 1. The van der Waals surface area contributed by atoms with Crippen LogP contribution in [-0.4, -0.2) is 11.7 Å². The summed E-state index contributed by atoms with van der Waals surface area (Å²) in [4.78, 5) is 0. The fourth-order valence-electron chi connectivity index (χ4n) is 3.31. The molecule has 1 heteroatoms. The first-order valence-corrected chi connectivity index (χ1v) is 5.48. The molecule has 2 saturated carbocycles. The van der Waals surface area contributed by atoms with Gasteiger partial charge in [0, 0.05) is 6.61 Å². The molecular weight excluding hydrogens is 148 g/mol. The lowest BCUT2D eigenvalue weighted by Gasteiger charge is -2.46. The van der Waals surface area contributed by atoms with E-state index in [1.807, 2.05) is 0 Å². The van der Waals surface area contributed by atoms with Crippen LogP contribution in [-0.2, 0) is 0 Å². The number of hydrogen-bond donors (Lipinski definition) is 1. The van der Waals surface area contributed by atoms with Crippen molar-refractivity contribution in [3.63, 3.8) is 0 Å². The molecule has 0 heterocycles. The molecule has 0 aliphatic heterocycles. The van der Waals surface area contributed by atoms with Gasteiger partial charge >= 0.3 is 0 Å². The molecule has 0 bridgehead atoms. The Morgan fingerprint density at radius 2 is 1.58 bits per heavy atom. The lowest BCUT2D eigenvalue weighted by Crippen LogP contribution is -2.39. The number of rotatable bonds is 1. The normalized spacial score (nSPS) is 42.2. The molecule has 0 radical (unpaired) electrons. The van der Waals surface area contributed by atoms with E-state index in [1.165, 1.54) is 51.4 Å². The van der Waals surface area contributed by atoms with Gasteiger partial charge in [0.2, 0.25) is 0 Å². The standard InChI is InChI=1S/C11H20O/c12-9-11-7-3-1-5-10(11)6-2-4-8-11/h10,12H,1-9H2. The molecule has 1 N–H and O–H groups in total. The highest BCUT2D eigenvalue weighted by atomic mass is 16.3. The summed E-state index contributed by atoms with van der Waals surface area (Å²) in [7, 11) is 0. The topological polar surface area (TPSA) is 20.2 Å². The molecule has 0 unspecified atom stereocenters. The average Bonchev–Trinajstić information content (AvgIpc) is 2.18. The van der Waals surface area contributed by atoms with Crippen LogP contribution in [0, 0.1) is 11.3 Å². The molecule has 2 rings (SSSR count). The Hall–Kier alpha value is -0.0400. The SMILES string of the molecule is OCC12CCCCC1CCCC2. The van der Waals surface area contributed by atoms with E-state index in [0.29, 0.717) is 12.0 Å². The minimum absolute atomic E-state index is 0.372. The Bertz CT molecular complexity index is 141. The summed E-state index contributed by atoms with van der Waals surface area (Å²) in [6.45, 7) is 0.456. The predicted octanol–water partition coefficient (Wildman–Crippen LogP) is 2.73. The molecule has 1 nitrogen and oxygen atoms in total. The van der Waals surface area contributed by atoms with Crippen LogP contribution in [0.25, 0.3) is 0 Å². The van der Waals surface area contributed by atoms with Crippen LogP contribution in [0.2, 0.25) is 0 Å². The summed E-state index contributed by atoms with van der Waals surface area (Å²) in [5, 5.41) is 9.48. The van der Waals surface area contributed by atoms with Crippen molar-refractivity contribution in [3.8, 4) is 0 Å². The fraction of sp³-hybridized carbons (Fsp3) is 1.00.